The van der Waals surface area contributed by atoms with Crippen LogP contribution in [0, 0.1) is 0 Å². The van der Waals surface area contributed by atoms with Crippen molar-refractivity contribution in [2.45, 2.75) is 20.0 Å². The second-order valence-electron chi connectivity index (χ2n) is 3.31. The number of nitrogens with zero attached hydrogens (tertiary/aromatic N) is 2. The number of nitrogens with one attached hydrogen (secondary N) is 1. The second kappa shape index (κ2) is 5.14. The SMILES string of the molecule is C=CCn1cnc(CNC(=O)C(=C)C)c1. The highest BCUT2D eigenvalue weighted by atomic mass is 16.1. The molecule has 4 nitrogen and oxygen atoms in total. The van der Waals surface area contributed by atoms with Crippen molar-refractivity contribution in [3.8, 4) is 0 Å². The lowest BCUT2D eigenvalue weighted by molar-refractivity contribution is -0.117. The standard InChI is InChI=1S/C11H15N3O/c1-4-5-14-7-10(13-8-14)6-12-11(15)9(2)3/h4,7-8H,1-2,5-6H2,3H3,(H,12,15). The van der Waals surface area contributed by atoms with Crippen molar-refractivity contribution in [3.63, 3.8) is 0 Å². The highest BCUT2D eigenvalue weighted by Crippen LogP contribution is 1.97. The summed E-state index contributed by atoms with van der Waals surface area (Å²) in [6.07, 6.45) is 5.38. The molecule has 0 saturated heterocycles. The Kier molecular flexibility index (Phi) is 3.85. The van der Waals surface area contributed by atoms with Crippen LogP contribution in [-0.2, 0) is 17.9 Å². The van der Waals surface area contributed by atoms with Crippen molar-refractivity contribution >= 4 is 5.91 Å². The molecule has 0 fully saturated rings. The summed E-state index contributed by atoms with van der Waals surface area (Å²) in [5.41, 5.74) is 1.33. The van der Waals surface area contributed by atoms with Crippen LogP contribution in [0.25, 0.3) is 0 Å². The monoisotopic (exact) mass is 205 g/mol. The van der Waals surface area contributed by atoms with Gasteiger partial charge in [-0.25, -0.2) is 4.98 Å². The molecule has 1 rings (SSSR count). The zero-order valence-corrected chi connectivity index (χ0v) is 8.86. The van der Waals surface area contributed by atoms with Gasteiger partial charge in [0, 0.05) is 18.3 Å². The molecule has 0 aliphatic heterocycles. The van der Waals surface area contributed by atoms with E-state index in [9.17, 15) is 4.79 Å². The van der Waals surface area contributed by atoms with Gasteiger partial charge >= 0.3 is 0 Å². The highest BCUT2D eigenvalue weighted by molar-refractivity contribution is 5.91. The molecule has 0 spiro atoms. The van der Waals surface area contributed by atoms with Gasteiger partial charge in [-0.15, -0.1) is 6.58 Å². The van der Waals surface area contributed by atoms with Crippen LogP contribution in [0.4, 0.5) is 0 Å². The fourth-order valence-electron chi connectivity index (χ4n) is 1.07. The number of allylic oxidation sites excluding steroid dienone is 1. The molecule has 0 aromatic carbocycles. The Hall–Kier alpha value is -1.84. The summed E-state index contributed by atoms with van der Waals surface area (Å²) in [7, 11) is 0. The lowest BCUT2D eigenvalue weighted by Crippen LogP contribution is -2.23. The van der Waals surface area contributed by atoms with Crippen LogP contribution in [0.2, 0.25) is 0 Å². The summed E-state index contributed by atoms with van der Waals surface area (Å²) in [6, 6.07) is 0. The molecule has 15 heavy (non-hydrogen) atoms. The van der Waals surface area contributed by atoms with Gasteiger partial charge in [0.05, 0.1) is 18.6 Å². The van der Waals surface area contributed by atoms with Gasteiger partial charge in [-0.05, 0) is 6.92 Å². The first-order valence-electron chi connectivity index (χ1n) is 4.68. The van der Waals surface area contributed by atoms with E-state index < -0.39 is 0 Å². The van der Waals surface area contributed by atoms with Crippen molar-refractivity contribution < 1.29 is 4.79 Å². The predicted octanol–water partition coefficient (Wildman–Crippen LogP) is 1.26. The molecule has 0 atom stereocenters. The molecular weight excluding hydrogens is 190 g/mol. The molecular formula is C11H15N3O. The van der Waals surface area contributed by atoms with Gasteiger partial charge < -0.3 is 9.88 Å². The molecule has 1 aromatic heterocycles. The lowest BCUT2D eigenvalue weighted by Gasteiger charge is -2.01. The number of carbonyl (C=O) groups is 1. The number of hydrogen-bond acceptors (Lipinski definition) is 2. The van der Waals surface area contributed by atoms with Crippen LogP contribution in [0.3, 0.4) is 0 Å². The molecule has 4 heteroatoms. The van der Waals surface area contributed by atoms with E-state index in [1.807, 2.05) is 10.8 Å². The number of rotatable bonds is 5. The third kappa shape index (κ3) is 3.42. The summed E-state index contributed by atoms with van der Waals surface area (Å²) >= 11 is 0. The average Bonchev–Trinajstić information content (AvgIpc) is 2.62. The fraction of sp³-hybridized carbons (Fsp3) is 0.273. The molecule has 80 valence electrons. The predicted molar refractivity (Wildman–Crippen MR) is 59.1 cm³/mol. The molecule has 1 amide bonds. The first-order valence-corrected chi connectivity index (χ1v) is 4.68. The van der Waals surface area contributed by atoms with Crippen LogP contribution in [0.5, 0.6) is 0 Å². The Morgan fingerprint density at radius 3 is 3.07 bits per heavy atom. The van der Waals surface area contributed by atoms with E-state index in [1.54, 1.807) is 19.3 Å². The van der Waals surface area contributed by atoms with Crippen LogP contribution in [-0.4, -0.2) is 15.5 Å². The Morgan fingerprint density at radius 1 is 1.73 bits per heavy atom. The minimum Gasteiger partial charge on any atom is -0.347 e. The topological polar surface area (TPSA) is 46.9 Å². The van der Waals surface area contributed by atoms with Gasteiger partial charge in [-0.3, -0.25) is 4.79 Å². The third-order valence-corrected chi connectivity index (χ3v) is 1.84. The van der Waals surface area contributed by atoms with Crippen molar-refractivity contribution in [2.75, 3.05) is 0 Å². The number of imidazole rings is 1. The first kappa shape index (κ1) is 11.2. The van der Waals surface area contributed by atoms with E-state index in [2.05, 4.69) is 23.5 Å². The summed E-state index contributed by atoms with van der Waals surface area (Å²) in [5, 5.41) is 2.71. The van der Waals surface area contributed by atoms with Gasteiger partial charge in [0.2, 0.25) is 5.91 Å². The molecule has 0 saturated carbocycles. The van der Waals surface area contributed by atoms with E-state index in [0.29, 0.717) is 12.1 Å². The summed E-state index contributed by atoms with van der Waals surface area (Å²) in [4.78, 5) is 15.3. The minimum absolute atomic E-state index is 0.145. The quantitative estimate of drug-likeness (QED) is 0.581. The molecule has 1 aromatic rings. The Balaban J connectivity index is 2.47. The lowest BCUT2D eigenvalue weighted by atomic mass is 10.3. The maximum Gasteiger partial charge on any atom is 0.246 e. The molecule has 0 unspecified atom stereocenters. The second-order valence-corrected chi connectivity index (χ2v) is 3.31. The van der Waals surface area contributed by atoms with Crippen LogP contribution in [0.15, 0.2) is 37.3 Å². The van der Waals surface area contributed by atoms with Gasteiger partial charge in [0.1, 0.15) is 0 Å². The van der Waals surface area contributed by atoms with Crippen LogP contribution in [0.1, 0.15) is 12.6 Å². The van der Waals surface area contributed by atoms with Crippen molar-refractivity contribution in [1.29, 1.82) is 0 Å². The maximum absolute atomic E-state index is 11.2. The van der Waals surface area contributed by atoms with E-state index >= 15 is 0 Å². The summed E-state index contributed by atoms with van der Waals surface area (Å²) < 4.78 is 1.90. The zero-order chi connectivity index (χ0) is 11.3. The number of amides is 1. The molecule has 0 aliphatic rings. The average molecular weight is 205 g/mol. The smallest absolute Gasteiger partial charge is 0.246 e. The molecule has 0 bridgehead atoms. The normalized spacial score (nSPS) is 9.67. The Labute approximate surface area is 89.3 Å². The molecule has 0 radical (unpaired) electrons. The van der Waals surface area contributed by atoms with E-state index in [-0.39, 0.29) is 5.91 Å². The first-order chi connectivity index (χ1) is 7.13. The van der Waals surface area contributed by atoms with Gasteiger partial charge in [-0.2, -0.15) is 0 Å². The van der Waals surface area contributed by atoms with Crippen molar-refractivity contribution in [3.05, 3.63) is 43.0 Å². The van der Waals surface area contributed by atoms with Crippen molar-refractivity contribution in [1.82, 2.24) is 14.9 Å². The number of aromatic nitrogens is 2. The van der Waals surface area contributed by atoms with Crippen molar-refractivity contribution in [2.24, 2.45) is 0 Å². The number of carbonyl (C=O) groups excluding carboxylic acids is 1. The third-order valence-electron chi connectivity index (χ3n) is 1.84. The highest BCUT2D eigenvalue weighted by Gasteiger charge is 2.02. The van der Waals surface area contributed by atoms with E-state index in [1.165, 1.54) is 0 Å². The minimum atomic E-state index is -0.145. The maximum atomic E-state index is 11.2. The zero-order valence-electron chi connectivity index (χ0n) is 8.86. The molecule has 1 heterocycles. The van der Waals surface area contributed by atoms with E-state index in [0.717, 1.165) is 12.2 Å². The van der Waals surface area contributed by atoms with Crippen LogP contribution >= 0.6 is 0 Å². The number of hydrogen-bond donors (Lipinski definition) is 1. The fourth-order valence-corrected chi connectivity index (χ4v) is 1.07. The van der Waals surface area contributed by atoms with Crippen LogP contribution < -0.4 is 5.32 Å². The largest absolute Gasteiger partial charge is 0.347 e. The summed E-state index contributed by atoms with van der Waals surface area (Å²) in [5.74, 6) is -0.145. The van der Waals surface area contributed by atoms with Gasteiger partial charge in [0.15, 0.2) is 0 Å². The molecule has 0 aliphatic carbocycles. The van der Waals surface area contributed by atoms with Gasteiger partial charge in [-0.1, -0.05) is 12.7 Å². The van der Waals surface area contributed by atoms with E-state index in [4.69, 9.17) is 0 Å². The Morgan fingerprint density at radius 2 is 2.47 bits per heavy atom. The van der Waals surface area contributed by atoms with Gasteiger partial charge in [0.25, 0.3) is 0 Å². The summed E-state index contributed by atoms with van der Waals surface area (Å²) in [6.45, 7) is 10.0. The molecule has 1 N–H and O–H groups in total. The Bertz CT molecular complexity index is 379.